The van der Waals surface area contributed by atoms with E-state index in [-0.39, 0.29) is 11.8 Å². The highest BCUT2D eigenvalue weighted by Gasteiger charge is 2.23. The van der Waals surface area contributed by atoms with Crippen LogP contribution in [-0.4, -0.2) is 25.3 Å². The lowest BCUT2D eigenvalue weighted by Gasteiger charge is -2.25. The topological polar surface area (TPSA) is 80.0 Å². The number of amides is 1. The number of hydrogen-bond donors (Lipinski definition) is 1. The smallest absolute Gasteiger partial charge is 0.406 e. The first-order valence-corrected chi connectivity index (χ1v) is 6.63. The van der Waals surface area contributed by atoms with Crippen molar-refractivity contribution < 1.29 is 24.0 Å². The normalized spacial score (nSPS) is 15.0. The van der Waals surface area contributed by atoms with Crippen molar-refractivity contribution >= 4 is 6.09 Å². The quantitative estimate of drug-likeness (QED) is 0.398. The van der Waals surface area contributed by atoms with E-state index in [2.05, 4.69) is 0 Å². The number of carbonyl (C=O) groups is 1. The third-order valence-corrected chi connectivity index (χ3v) is 2.16. The van der Waals surface area contributed by atoms with Crippen molar-refractivity contribution in [2.75, 3.05) is 6.61 Å². The Kier molecular flexibility index (Phi) is 8.71. The van der Waals surface area contributed by atoms with E-state index in [0.29, 0.717) is 12.5 Å². The summed E-state index contributed by atoms with van der Waals surface area (Å²) >= 11 is 0. The number of rotatable bonds is 9. The van der Waals surface area contributed by atoms with Crippen LogP contribution in [0.25, 0.3) is 0 Å². The summed E-state index contributed by atoms with van der Waals surface area (Å²) < 4.78 is 10.4. The first-order chi connectivity index (χ1) is 8.73. The van der Waals surface area contributed by atoms with Gasteiger partial charge in [-0.05, 0) is 5.92 Å². The monoisotopic (exact) mass is 277 g/mol. The Morgan fingerprint density at radius 2 is 1.42 bits per heavy atom. The van der Waals surface area contributed by atoms with Gasteiger partial charge < -0.3 is 15.2 Å². The summed E-state index contributed by atoms with van der Waals surface area (Å²) in [4.78, 5) is 21.1. The standard InChI is InChI=1S/C13H27NO5/c1-8(2)7-16-11(9(3)4)18-19-12(10(5)6)17-13(14)15/h8-12H,7H2,1-6H3,(H2,14,15). The van der Waals surface area contributed by atoms with Gasteiger partial charge in [0.15, 0.2) is 6.29 Å². The van der Waals surface area contributed by atoms with Gasteiger partial charge >= 0.3 is 6.09 Å². The van der Waals surface area contributed by atoms with E-state index in [1.165, 1.54) is 0 Å². The first-order valence-electron chi connectivity index (χ1n) is 6.63. The van der Waals surface area contributed by atoms with Gasteiger partial charge in [-0.3, -0.25) is 0 Å². The van der Waals surface area contributed by atoms with Crippen molar-refractivity contribution in [2.45, 2.75) is 54.1 Å². The molecule has 0 aromatic rings. The summed E-state index contributed by atoms with van der Waals surface area (Å²) in [6.45, 7) is 12.2. The van der Waals surface area contributed by atoms with Crippen LogP contribution in [0.2, 0.25) is 0 Å². The van der Waals surface area contributed by atoms with Crippen LogP contribution in [0.5, 0.6) is 0 Å². The Morgan fingerprint density at radius 3 is 1.79 bits per heavy atom. The molecular formula is C13H27NO5. The largest absolute Gasteiger partial charge is 0.417 e. The summed E-state index contributed by atoms with van der Waals surface area (Å²) in [6, 6.07) is 0. The Morgan fingerprint density at radius 1 is 0.947 bits per heavy atom. The van der Waals surface area contributed by atoms with Crippen LogP contribution in [-0.2, 0) is 19.2 Å². The highest BCUT2D eigenvalue weighted by Crippen LogP contribution is 2.15. The second-order valence-corrected chi connectivity index (χ2v) is 5.58. The van der Waals surface area contributed by atoms with E-state index in [9.17, 15) is 4.79 Å². The van der Waals surface area contributed by atoms with Crippen LogP contribution in [0.1, 0.15) is 41.5 Å². The molecular weight excluding hydrogens is 250 g/mol. The Bertz CT molecular complexity index is 255. The van der Waals surface area contributed by atoms with Gasteiger partial charge in [0, 0.05) is 11.8 Å². The third-order valence-electron chi connectivity index (χ3n) is 2.16. The maximum absolute atomic E-state index is 10.7. The van der Waals surface area contributed by atoms with Gasteiger partial charge in [0.25, 0.3) is 0 Å². The molecule has 2 atom stereocenters. The van der Waals surface area contributed by atoms with Gasteiger partial charge in [-0.1, -0.05) is 41.5 Å². The molecule has 2 unspecified atom stereocenters. The number of ether oxygens (including phenoxy) is 2. The molecule has 0 aliphatic rings. The molecule has 0 rings (SSSR count). The van der Waals surface area contributed by atoms with E-state index in [0.717, 1.165) is 0 Å². The average molecular weight is 277 g/mol. The van der Waals surface area contributed by atoms with Gasteiger partial charge in [-0.15, -0.1) is 0 Å². The fraction of sp³-hybridized carbons (Fsp3) is 0.923. The fourth-order valence-electron chi connectivity index (χ4n) is 1.11. The number of nitrogens with two attached hydrogens (primary N) is 1. The molecule has 0 heterocycles. The molecule has 0 aliphatic carbocycles. The first kappa shape index (κ1) is 18.1. The molecule has 0 bridgehead atoms. The lowest BCUT2D eigenvalue weighted by atomic mass is 10.2. The fourth-order valence-corrected chi connectivity index (χ4v) is 1.11. The highest BCUT2D eigenvalue weighted by molar-refractivity contribution is 5.64. The molecule has 6 heteroatoms. The molecule has 0 saturated heterocycles. The van der Waals surface area contributed by atoms with Crippen molar-refractivity contribution in [1.29, 1.82) is 0 Å². The van der Waals surface area contributed by atoms with Crippen molar-refractivity contribution in [3.63, 3.8) is 0 Å². The van der Waals surface area contributed by atoms with Crippen molar-refractivity contribution in [3.8, 4) is 0 Å². The minimum Gasteiger partial charge on any atom is -0.417 e. The van der Waals surface area contributed by atoms with E-state index in [4.69, 9.17) is 25.0 Å². The Balaban J connectivity index is 4.29. The average Bonchev–Trinajstić information content (AvgIpc) is 2.25. The molecule has 0 spiro atoms. The summed E-state index contributed by atoms with van der Waals surface area (Å²) in [5, 5.41) is 0. The van der Waals surface area contributed by atoms with E-state index in [1.807, 2.05) is 41.5 Å². The Hall–Kier alpha value is -0.850. The Labute approximate surface area is 115 Å². The molecule has 0 aromatic carbocycles. The lowest BCUT2D eigenvalue weighted by molar-refractivity contribution is -0.440. The molecule has 19 heavy (non-hydrogen) atoms. The SMILES string of the molecule is CC(C)COC(OOC(OC(N)=O)C(C)C)C(C)C. The number of hydrogen-bond acceptors (Lipinski definition) is 5. The zero-order valence-corrected chi connectivity index (χ0v) is 12.7. The third kappa shape index (κ3) is 8.80. The zero-order valence-electron chi connectivity index (χ0n) is 12.7. The van der Waals surface area contributed by atoms with Crippen molar-refractivity contribution in [2.24, 2.45) is 23.5 Å². The lowest BCUT2D eigenvalue weighted by Crippen LogP contribution is -2.33. The van der Waals surface area contributed by atoms with E-state index >= 15 is 0 Å². The van der Waals surface area contributed by atoms with E-state index in [1.54, 1.807) is 0 Å². The van der Waals surface area contributed by atoms with Gasteiger partial charge in [0.2, 0.25) is 6.29 Å². The minimum absolute atomic E-state index is 0.0783. The van der Waals surface area contributed by atoms with Crippen LogP contribution in [0, 0.1) is 17.8 Å². The number of primary amides is 1. The van der Waals surface area contributed by atoms with Crippen molar-refractivity contribution in [1.82, 2.24) is 0 Å². The summed E-state index contributed by atoms with van der Waals surface area (Å²) in [5.41, 5.74) is 4.97. The van der Waals surface area contributed by atoms with E-state index < -0.39 is 18.7 Å². The second-order valence-electron chi connectivity index (χ2n) is 5.58. The zero-order chi connectivity index (χ0) is 15.0. The summed E-state index contributed by atoms with van der Waals surface area (Å²) in [7, 11) is 0. The predicted octanol–water partition coefficient (Wildman–Crippen LogP) is 2.67. The van der Waals surface area contributed by atoms with Crippen LogP contribution in [0.4, 0.5) is 4.79 Å². The summed E-state index contributed by atoms with van der Waals surface area (Å²) in [5.74, 6) is 0.429. The minimum atomic E-state index is -0.897. The van der Waals surface area contributed by atoms with Gasteiger partial charge in [-0.2, -0.15) is 4.89 Å². The van der Waals surface area contributed by atoms with Crippen LogP contribution >= 0.6 is 0 Å². The van der Waals surface area contributed by atoms with Gasteiger partial charge in [0.05, 0.1) is 6.61 Å². The molecule has 1 amide bonds. The molecule has 0 radical (unpaired) electrons. The predicted molar refractivity (Wildman–Crippen MR) is 70.9 cm³/mol. The van der Waals surface area contributed by atoms with Crippen LogP contribution in [0.15, 0.2) is 0 Å². The molecule has 2 N–H and O–H groups in total. The molecule has 114 valence electrons. The molecule has 0 aliphatic heterocycles. The van der Waals surface area contributed by atoms with Gasteiger partial charge in [-0.25, -0.2) is 9.68 Å². The molecule has 0 saturated carbocycles. The highest BCUT2D eigenvalue weighted by atomic mass is 17.2. The maximum atomic E-state index is 10.7. The second kappa shape index (κ2) is 9.12. The molecule has 0 fully saturated rings. The maximum Gasteiger partial charge on any atom is 0.406 e. The van der Waals surface area contributed by atoms with Gasteiger partial charge in [0.1, 0.15) is 0 Å². The van der Waals surface area contributed by atoms with Crippen LogP contribution in [0.3, 0.4) is 0 Å². The van der Waals surface area contributed by atoms with Crippen LogP contribution < -0.4 is 5.73 Å². The summed E-state index contributed by atoms with van der Waals surface area (Å²) in [6.07, 6.45) is -2.26. The van der Waals surface area contributed by atoms with Crippen molar-refractivity contribution in [3.05, 3.63) is 0 Å². The molecule has 6 nitrogen and oxygen atoms in total. The number of carbonyl (C=O) groups excluding carboxylic acids is 1. The molecule has 0 aromatic heterocycles.